The topological polar surface area (TPSA) is 127 Å². The molecule has 2 amide bonds. The van der Waals surface area contributed by atoms with Gasteiger partial charge >= 0.3 is 6.18 Å². The zero-order chi connectivity index (χ0) is 29.9. The number of hydrogen-bond donors (Lipinski definition) is 2. The lowest BCUT2D eigenvalue weighted by molar-refractivity contribution is -0.190. The summed E-state index contributed by atoms with van der Waals surface area (Å²) in [6.07, 6.45) is -0.657. The first kappa shape index (κ1) is 28.5. The van der Waals surface area contributed by atoms with Crippen LogP contribution >= 0.6 is 0 Å². The molecule has 0 radical (unpaired) electrons. The van der Waals surface area contributed by atoms with Gasteiger partial charge in [0.2, 0.25) is 11.8 Å². The standard InChI is InChI=1S/C27H30F5N7O3/c1-14-21(38-42-37-14)24(41)36-23(16-4-6-26(28,29)7-5-16)18-13-39-19(34-18)10-17(12-33-39)22(15-2-3-15)35-20(40)11-25(8-9-25)27(30,31)32/h10,12-13,15-16,22-23H,2-9,11H2,1H3,(H,35,40)(H,36,41)/t22-,23+/m1/s1. The van der Waals surface area contributed by atoms with Crippen LogP contribution in [0.2, 0.25) is 0 Å². The maximum atomic E-state index is 13.9. The van der Waals surface area contributed by atoms with Crippen LogP contribution in [-0.4, -0.2) is 48.8 Å². The van der Waals surface area contributed by atoms with Crippen LogP contribution in [0.15, 0.2) is 23.1 Å². The Balaban J connectivity index is 1.25. The van der Waals surface area contributed by atoms with Gasteiger partial charge in [0.1, 0.15) is 5.69 Å². The number of rotatable bonds is 9. The molecule has 6 rings (SSSR count). The van der Waals surface area contributed by atoms with Gasteiger partial charge in [-0.05, 0) is 74.1 Å². The van der Waals surface area contributed by atoms with Gasteiger partial charge in [0.15, 0.2) is 11.3 Å². The Hall–Kier alpha value is -3.65. The van der Waals surface area contributed by atoms with Crippen LogP contribution in [0.4, 0.5) is 22.0 Å². The Labute approximate surface area is 236 Å². The second-order valence-corrected chi connectivity index (χ2v) is 11.9. The molecule has 226 valence electrons. The van der Waals surface area contributed by atoms with Crippen molar-refractivity contribution in [3.05, 3.63) is 41.1 Å². The van der Waals surface area contributed by atoms with Crippen LogP contribution < -0.4 is 10.6 Å². The molecular weight excluding hydrogens is 565 g/mol. The number of amides is 2. The monoisotopic (exact) mass is 595 g/mol. The Morgan fingerprint density at radius 2 is 1.74 bits per heavy atom. The molecular formula is C27H30F5N7O3. The summed E-state index contributed by atoms with van der Waals surface area (Å²) in [6.45, 7) is 1.56. The molecule has 42 heavy (non-hydrogen) atoms. The highest BCUT2D eigenvalue weighted by Gasteiger charge is 2.63. The Morgan fingerprint density at radius 3 is 2.33 bits per heavy atom. The Morgan fingerprint density at radius 1 is 1.05 bits per heavy atom. The Kier molecular flexibility index (Phi) is 6.96. The van der Waals surface area contributed by atoms with Gasteiger partial charge in [-0.15, -0.1) is 0 Å². The number of nitrogens with zero attached hydrogens (tertiary/aromatic N) is 5. The van der Waals surface area contributed by atoms with Crippen LogP contribution in [0, 0.1) is 24.2 Å². The largest absolute Gasteiger partial charge is 0.395 e. The van der Waals surface area contributed by atoms with Gasteiger partial charge in [-0.25, -0.2) is 22.9 Å². The van der Waals surface area contributed by atoms with Gasteiger partial charge in [0, 0.05) is 19.3 Å². The van der Waals surface area contributed by atoms with Gasteiger partial charge < -0.3 is 10.6 Å². The smallest absolute Gasteiger partial charge is 0.349 e. The van der Waals surface area contributed by atoms with E-state index in [0.29, 0.717) is 16.9 Å². The summed E-state index contributed by atoms with van der Waals surface area (Å²) in [5.41, 5.74) is -0.282. The molecule has 3 saturated carbocycles. The van der Waals surface area contributed by atoms with Crippen molar-refractivity contribution in [1.29, 1.82) is 0 Å². The average molecular weight is 596 g/mol. The lowest BCUT2D eigenvalue weighted by atomic mass is 9.81. The minimum absolute atomic E-state index is 0.0215. The van der Waals surface area contributed by atoms with Crippen molar-refractivity contribution in [2.75, 3.05) is 0 Å². The number of alkyl halides is 5. The molecule has 15 heteroatoms. The van der Waals surface area contributed by atoms with E-state index in [2.05, 4.69) is 35.7 Å². The Bertz CT molecular complexity index is 1480. The number of nitrogens with one attached hydrogen (secondary N) is 2. The van der Waals surface area contributed by atoms with Crippen molar-refractivity contribution in [3.63, 3.8) is 0 Å². The highest BCUT2D eigenvalue weighted by atomic mass is 19.4. The summed E-state index contributed by atoms with van der Waals surface area (Å²) in [5.74, 6) is -4.26. The molecule has 0 saturated heterocycles. The SMILES string of the molecule is Cc1nonc1C(=O)N[C@H](c1cn2ncc([C@H](NC(=O)CC3(C(F)(F)F)CC3)C3CC3)cc2n1)C1CCC(F)(F)CC1. The number of hydrogen-bond acceptors (Lipinski definition) is 7. The third kappa shape index (κ3) is 5.69. The zero-order valence-electron chi connectivity index (χ0n) is 22.8. The van der Waals surface area contributed by atoms with E-state index in [4.69, 9.17) is 0 Å². The molecule has 3 fully saturated rings. The molecule has 0 bridgehead atoms. The van der Waals surface area contributed by atoms with Crippen molar-refractivity contribution in [2.45, 2.75) is 88.9 Å². The van der Waals surface area contributed by atoms with Crippen LogP contribution in [-0.2, 0) is 4.79 Å². The van der Waals surface area contributed by atoms with Crippen molar-refractivity contribution < 1.29 is 36.2 Å². The lowest BCUT2D eigenvalue weighted by Crippen LogP contribution is -2.37. The van der Waals surface area contributed by atoms with Crippen molar-refractivity contribution in [2.24, 2.45) is 17.3 Å². The second-order valence-electron chi connectivity index (χ2n) is 11.9. The predicted molar refractivity (Wildman–Crippen MR) is 135 cm³/mol. The summed E-state index contributed by atoms with van der Waals surface area (Å²) >= 11 is 0. The minimum atomic E-state index is -4.42. The van der Waals surface area contributed by atoms with Crippen molar-refractivity contribution in [1.82, 2.24) is 35.5 Å². The summed E-state index contributed by atoms with van der Waals surface area (Å²) in [6, 6.07) is 0.458. The van der Waals surface area contributed by atoms with E-state index >= 15 is 0 Å². The molecule has 2 N–H and O–H groups in total. The quantitative estimate of drug-likeness (QED) is 0.333. The van der Waals surface area contributed by atoms with E-state index in [0.717, 1.165) is 12.8 Å². The van der Waals surface area contributed by atoms with Crippen LogP contribution in [0.3, 0.4) is 0 Å². The number of halogens is 5. The third-order valence-corrected chi connectivity index (χ3v) is 8.79. The molecule has 3 aliphatic carbocycles. The van der Waals surface area contributed by atoms with Gasteiger partial charge in [-0.3, -0.25) is 9.59 Å². The highest BCUT2D eigenvalue weighted by Crippen LogP contribution is 2.60. The van der Waals surface area contributed by atoms with Crippen LogP contribution in [0.25, 0.3) is 5.65 Å². The molecule has 10 nitrogen and oxygen atoms in total. The average Bonchev–Trinajstić information content (AvgIpc) is 3.83. The number of aryl methyl sites for hydroxylation is 1. The third-order valence-electron chi connectivity index (χ3n) is 8.79. The van der Waals surface area contributed by atoms with E-state index in [-0.39, 0.29) is 61.7 Å². The number of aromatic nitrogens is 5. The first-order valence-electron chi connectivity index (χ1n) is 14.0. The first-order chi connectivity index (χ1) is 19.8. The fourth-order valence-electron chi connectivity index (χ4n) is 5.85. The van der Waals surface area contributed by atoms with Gasteiger partial charge in [0.05, 0.1) is 35.6 Å². The molecule has 3 aliphatic rings. The number of fused-ring (bicyclic) bond motifs is 1. The molecule has 0 aromatic carbocycles. The van der Waals surface area contributed by atoms with Gasteiger partial charge in [-0.2, -0.15) is 18.3 Å². The highest BCUT2D eigenvalue weighted by molar-refractivity contribution is 5.93. The molecule has 3 heterocycles. The summed E-state index contributed by atoms with van der Waals surface area (Å²) in [7, 11) is 0. The van der Waals surface area contributed by atoms with Crippen LogP contribution in [0.5, 0.6) is 0 Å². The number of imidazole rings is 1. The molecule has 2 atom stereocenters. The fourth-order valence-corrected chi connectivity index (χ4v) is 5.85. The molecule has 0 unspecified atom stereocenters. The second kappa shape index (κ2) is 10.3. The molecule has 3 aromatic heterocycles. The summed E-state index contributed by atoms with van der Waals surface area (Å²) < 4.78 is 74.2. The lowest BCUT2D eigenvalue weighted by Gasteiger charge is -2.33. The molecule has 0 spiro atoms. The van der Waals surface area contributed by atoms with E-state index < -0.39 is 47.8 Å². The zero-order valence-corrected chi connectivity index (χ0v) is 22.8. The normalized spacial score (nSPS) is 21.6. The maximum Gasteiger partial charge on any atom is 0.395 e. The van der Waals surface area contributed by atoms with Crippen molar-refractivity contribution in [3.8, 4) is 0 Å². The van der Waals surface area contributed by atoms with E-state index in [1.54, 1.807) is 19.2 Å². The minimum Gasteiger partial charge on any atom is -0.349 e. The number of carbonyl (C=O) groups excluding carboxylic acids is 2. The van der Waals surface area contributed by atoms with Gasteiger partial charge in [0.25, 0.3) is 5.91 Å². The number of carbonyl (C=O) groups is 2. The summed E-state index contributed by atoms with van der Waals surface area (Å²) in [4.78, 5) is 30.4. The maximum absolute atomic E-state index is 13.9. The van der Waals surface area contributed by atoms with Crippen molar-refractivity contribution >= 4 is 17.5 Å². The van der Waals surface area contributed by atoms with Gasteiger partial charge in [-0.1, -0.05) is 5.16 Å². The van der Waals surface area contributed by atoms with E-state index in [1.807, 2.05) is 0 Å². The van der Waals surface area contributed by atoms with E-state index in [1.165, 1.54) is 10.7 Å². The molecule has 0 aliphatic heterocycles. The first-order valence-corrected chi connectivity index (χ1v) is 14.0. The fraction of sp³-hybridized carbons (Fsp3) is 0.630. The van der Waals surface area contributed by atoms with Crippen LogP contribution in [0.1, 0.15) is 97.3 Å². The molecule has 3 aromatic rings. The van der Waals surface area contributed by atoms with E-state index in [9.17, 15) is 31.5 Å². The summed E-state index contributed by atoms with van der Waals surface area (Å²) in [5, 5.41) is 17.3. The predicted octanol–water partition coefficient (Wildman–Crippen LogP) is 5.02.